The van der Waals surface area contributed by atoms with E-state index < -0.39 is 0 Å². The van der Waals surface area contributed by atoms with Crippen LogP contribution >= 0.6 is 15.9 Å². The first kappa shape index (κ1) is 12.9. The highest BCUT2D eigenvalue weighted by atomic mass is 79.9. The van der Waals surface area contributed by atoms with Gasteiger partial charge in [-0.3, -0.25) is 9.69 Å². The molecule has 0 aromatic heterocycles. The Morgan fingerprint density at radius 3 is 2.93 bits per heavy atom. The lowest BCUT2D eigenvalue weighted by atomic mass is 10.2. The summed E-state index contributed by atoms with van der Waals surface area (Å²) in [5.41, 5.74) is 0. The maximum atomic E-state index is 11.2. The monoisotopic (exact) mass is 279 g/mol. The smallest absolute Gasteiger partial charge is 0.320 e. The summed E-state index contributed by atoms with van der Waals surface area (Å²) in [6.07, 6.45) is 0.235. The Labute approximate surface area is 99.0 Å². The summed E-state index contributed by atoms with van der Waals surface area (Å²) >= 11 is 3.33. The Kier molecular flexibility index (Phi) is 5.02. The van der Waals surface area contributed by atoms with Gasteiger partial charge in [0, 0.05) is 19.1 Å². The minimum atomic E-state index is -0.254. The van der Waals surface area contributed by atoms with E-state index in [1.807, 2.05) is 6.92 Å². The van der Waals surface area contributed by atoms with Crippen LogP contribution in [0.3, 0.4) is 0 Å². The van der Waals surface area contributed by atoms with Crippen molar-refractivity contribution in [2.75, 3.05) is 26.8 Å². The average Bonchev–Trinajstić information content (AvgIpc) is 2.22. The van der Waals surface area contributed by atoms with E-state index in [9.17, 15) is 4.79 Å². The molecule has 1 heterocycles. The van der Waals surface area contributed by atoms with Gasteiger partial charge in [0.25, 0.3) is 0 Å². The van der Waals surface area contributed by atoms with Gasteiger partial charge in [-0.25, -0.2) is 0 Å². The first-order valence-corrected chi connectivity index (χ1v) is 6.03. The number of halogens is 1. The molecule has 3 unspecified atom stereocenters. The number of carbonyl (C=O) groups is 1. The van der Waals surface area contributed by atoms with Crippen molar-refractivity contribution in [2.24, 2.45) is 0 Å². The van der Waals surface area contributed by atoms with Crippen molar-refractivity contribution < 1.29 is 14.3 Å². The molecule has 0 aromatic carbocycles. The van der Waals surface area contributed by atoms with Gasteiger partial charge in [0.05, 0.1) is 19.8 Å². The summed E-state index contributed by atoms with van der Waals surface area (Å²) in [5, 5.41) is 0. The van der Waals surface area contributed by atoms with Crippen molar-refractivity contribution in [3.05, 3.63) is 0 Å². The van der Waals surface area contributed by atoms with Gasteiger partial charge in [-0.15, -0.1) is 0 Å². The number of hydrogen-bond donors (Lipinski definition) is 0. The van der Waals surface area contributed by atoms with Crippen LogP contribution in [0.25, 0.3) is 0 Å². The maximum absolute atomic E-state index is 11.2. The number of methoxy groups -OCH3 is 1. The lowest BCUT2D eigenvalue weighted by Crippen LogP contribution is -2.50. The highest BCUT2D eigenvalue weighted by Gasteiger charge is 2.27. The molecule has 0 aromatic rings. The topological polar surface area (TPSA) is 38.8 Å². The molecule has 1 aliphatic heterocycles. The van der Waals surface area contributed by atoms with Crippen LogP contribution in [-0.4, -0.2) is 54.6 Å². The van der Waals surface area contributed by atoms with E-state index in [2.05, 4.69) is 32.5 Å². The van der Waals surface area contributed by atoms with Crippen LogP contribution in [-0.2, 0) is 14.3 Å². The molecule has 0 aliphatic carbocycles. The second-order valence-electron chi connectivity index (χ2n) is 3.94. The third-order valence-electron chi connectivity index (χ3n) is 2.59. The molecular formula is C10H18BrNO3. The number of rotatable bonds is 3. The number of nitrogens with zero attached hydrogens (tertiary/aromatic N) is 1. The molecule has 0 spiro atoms. The molecule has 15 heavy (non-hydrogen) atoms. The Morgan fingerprint density at radius 1 is 1.67 bits per heavy atom. The van der Waals surface area contributed by atoms with Crippen molar-refractivity contribution in [1.82, 2.24) is 4.90 Å². The standard InChI is InChI=1S/C10H18BrNO3/c1-7-6-15-8(2)4-12(7)5-9(11)10(13)14-3/h7-9H,4-6H2,1-3H3. The first-order chi connectivity index (χ1) is 7.04. The molecule has 0 N–H and O–H groups in total. The molecule has 88 valence electrons. The summed E-state index contributed by atoms with van der Waals surface area (Å²) < 4.78 is 10.2. The number of carbonyl (C=O) groups excluding carboxylic acids is 1. The minimum absolute atomic E-state index is 0.221. The van der Waals surface area contributed by atoms with Crippen LogP contribution in [0.5, 0.6) is 0 Å². The third kappa shape index (κ3) is 3.74. The van der Waals surface area contributed by atoms with Crippen molar-refractivity contribution in [3.8, 4) is 0 Å². The molecule has 1 fully saturated rings. The number of alkyl halides is 1. The van der Waals surface area contributed by atoms with Crippen LogP contribution in [0.1, 0.15) is 13.8 Å². The molecule has 1 aliphatic rings. The lowest BCUT2D eigenvalue weighted by molar-refractivity contribution is -0.140. The summed E-state index contributed by atoms with van der Waals surface area (Å²) in [6.45, 7) is 6.40. The lowest BCUT2D eigenvalue weighted by Gasteiger charge is -2.37. The van der Waals surface area contributed by atoms with Crippen LogP contribution in [0.4, 0.5) is 0 Å². The van der Waals surface area contributed by atoms with Gasteiger partial charge in [0.15, 0.2) is 0 Å². The minimum Gasteiger partial charge on any atom is -0.468 e. The molecule has 3 atom stereocenters. The quantitative estimate of drug-likeness (QED) is 0.572. The Hall–Kier alpha value is -0.130. The highest BCUT2D eigenvalue weighted by Crippen LogP contribution is 2.14. The molecule has 0 amide bonds. The van der Waals surface area contributed by atoms with E-state index in [1.54, 1.807) is 0 Å². The molecule has 0 saturated carbocycles. The van der Waals surface area contributed by atoms with Gasteiger partial charge in [-0.05, 0) is 13.8 Å². The van der Waals surface area contributed by atoms with E-state index in [-0.39, 0.29) is 16.9 Å². The van der Waals surface area contributed by atoms with Gasteiger partial charge < -0.3 is 9.47 Å². The van der Waals surface area contributed by atoms with E-state index in [4.69, 9.17) is 4.74 Å². The van der Waals surface area contributed by atoms with Crippen molar-refractivity contribution in [1.29, 1.82) is 0 Å². The number of morpholine rings is 1. The number of hydrogen-bond acceptors (Lipinski definition) is 4. The fourth-order valence-electron chi connectivity index (χ4n) is 1.63. The second kappa shape index (κ2) is 5.82. The van der Waals surface area contributed by atoms with Crippen LogP contribution < -0.4 is 0 Å². The summed E-state index contributed by atoms with van der Waals surface area (Å²) in [7, 11) is 1.40. The van der Waals surface area contributed by atoms with Crippen molar-refractivity contribution in [3.63, 3.8) is 0 Å². The van der Waals surface area contributed by atoms with E-state index in [0.717, 1.165) is 13.2 Å². The van der Waals surface area contributed by atoms with Gasteiger partial charge in [-0.2, -0.15) is 0 Å². The molecule has 1 saturated heterocycles. The molecular weight excluding hydrogens is 262 g/mol. The zero-order valence-electron chi connectivity index (χ0n) is 9.40. The predicted octanol–water partition coefficient (Wildman–Crippen LogP) is 1.03. The van der Waals surface area contributed by atoms with Crippen molar-refractivity contribution in [2.45, 2.75) is 30.8 Å². The Balaban J connectivity index is 2.45. The van der Waals surface area contributed by atoms with Gasteiger partial charge >= 0.3 is 5.97 Å². The molecule has 4 nitrogen and oxygen atoms in total. The molecule has 5 heteroatoms. The maximum Gasteiger partial charge on any atom is 0.320 e. The number of ether oxygens (including phenoxy) is 2. The summed E-state index contributed by atoms with van der Waals surface area (Å²) in [5.74, 6) is -0.221. The zero-order chi connectivity index (χ0) is 11.4. The van der Waals surface area contributed by atoms with Gasteiger partial charge in [0.1, 0.15) is 4.83 Å². The zero-order valence-corrected chi connectivity index (χ0v) is 11.0. The van der Waals surface area contributed by atoms with Crippen LogP contribution in [0.15, 0.2) is 0 Å². The van der Waals surface area contributed by atoms with Gasteiger partial charge in [0.2, 0.25) is 0 Å². The molecule has 0 radical (unpaired) electrons. The number of esters is 1. The molecule has 1 rings (SSSR count). The van der Waals surface area contributed by atoms with Crippen molar-refractivity contribution >= 4 is 21.9 Å². The Bertz CT molecular complexity index is 225. The predicted molar refractivity (Wildman–Crippen MR) is 61.2 cm³/mol. The molecule has 0 bridgehead atoms. The van der Waals surface area contributed by atoms with E-state index in [0.29, 0.717) is 12.6 Å². The normalized spacial score (nSPS) is 29.9. The van der Waals surface area contributed by atoms with E-state index >= 15 is 0 Å². The fourth-order valence-corrected chi connectivity index (χ4v) is 2.19. The average molecular weight is 280 g/mol. The summed E-state index contributed by atoms with van der Waals surface area (Å²) in [4.78, 5) is 13.2. The van der Waals surface area contributed by atoms with Gasteiger partial charge in [-0.1, -0.05) is 15.9 Å². The fraction of sp³-hybridized carbons (Fsp3) is 0.900. The largest absolute Gasteiger partial charge is 0.468 e. The Morgan fingerprint density at radius 2 is 2.33 bits per heavy atom. The van der Waals surface area contributed by atoms with E-state index in [1.165, 1.54) is 7.11 Å². The van der Waals surface area contributed by atoms with Crippen LogP contribution in [0.2, 0.25) is 0 Å². The highest BCUT2D eigenvalue weighted by molar-refractivity contribution is 9.10. The first-order valence-electron chi connectivity index (χ1n) is 5.12. The second-order valence-corrected chi connectivity index (χ2v) is 5.04. The third-order valence-corrected chi connectivity index (χ3v) is 3.25. The SMILES string of the molecule is COC(=O)C(Br)CN1CC(C)OCC1C. The summed E-state index contributed by atoms with van der Waals surface area (Å²) in [6, 6.07) is 0.353. The van der Waals surface area contributed by atoms with Crippen LogP contribution in [0, 0.1) is 0 Å².